The molecule has 0 saturated carbocycles. The average molecular weight is 454 g/mol. The van der Waals surface area contributed by atoms with Gasteiger partial charge in [-0.3, -0.25) is 0 Å². The lowest BCUT2D eigenvalue weighted by molar-refractivity contribution is 0.0190. The number of rotatable bonds is 5. The van der Waals surface area contributed by atoms with Gasteiger partial charge in [-0.15, -0.1) is 0 Å². The van der Waals surface area contributed by atoms with Gasteiger partial charge < -0.3 is 19.9 Å². The fraction of sp³-hybridized carbons (Fsp3) is 0.536. The first kappa shape index (κ1) is 25.3. The molecule has 33 heavy (non-hydrogen) atoms. The lowest BCUT2D eigenvalue weighted by Gasteiger charge is -2.36. The van der Waals surface area contributed by atoms with Gasteiger partial charge in [0.2, 0.25) is 0 Å². The summed E-state index contributed by atoms with van der Waals surface area (Å²) in [6.45, 7) is 15.5. The maximum atomic E-state index is 12.3. The normalized spacial score (nSPS) is 19.4. The van der Waals surface area contributed by atoms with Gasteiger partial charge in [-0.25, -0.2) is 4.79 Å². The van der Waals surface area contributed by atoms with E-state index < -0.39 is 11.8 Å². The van der Waals surface area contributed by atoms with Gasteiger partial charge >= 0.3 is 6.16 Å². The molecule has 1 heterocycles. The van der Waals surface area contributed by atoms with E-state index >= 15 is 0 Å². The topological polar surface area (TPSA) is 67.8 Å². The minimum atomic E-state index is -1.28. The zero-order chi connectivity index (χ0) is 24.4. The minimum Gasteiger partial charge on any atom is -0.435 e. The van der Waals surface area contributed by atoms with Crippen LogP contribution in [0, 0.1) is 0 Å². The standard InChI is InChI=1S/C28H39NO4/c1-8-32-25(30)33-23-17-24(29-18-23)28(31,21-13-9-19(10-14-21)26(2,3)4)22-15-11-20(12-16-22)27(5,6)7/h9-16,23-24,29,31H,8,17-18H2,1-7H3/t23-,24?/m1/s1. The fourth-order valence-electron chi connectivity index (χ4n) is 4.42. The summed E-state index contributed by atoms with van der Waals surface area (Å²) >= 11 is 0. The molecule has 0 aliphatic carbocycles. The van der Waals surface area contributed by atoms with Crippen molar-refractivity contribution in [3.05, 3.63) is 70.8 Å². The van der Waals surface area contributed by atoms with Gasteiger partial charge in [0.15, 0.2) is 0 Å². The third-order valence-electron chi connectivity index (χ3n) is 6.50. The Kier molecular flexibility index (Phi) is 7.25. The molecule has 1 fully saturated rings. The van der Waals surface area contributed by atoms with Crippen LogP contribution in [0.5, 0.6) is 0 Å². The Labute approximate surface area is 198 Å². The van der Waals surface area contributed by atoms with E-state index in [2.05, 4.69) is 71.1 Å². The first-order chi connectivity index (χ1) is 15.4. The highest BCUT2D eigenvalue weighted by Crippen LogP contribution is 2.39. The number of hydrogen-bond donors (Lipinski definition) is 2. The van der Waals surface area contributed by atoms with Crippen LogP contribution in [0.1, 0.15) is 77.1 Å². The second-order valence-corrected chi connectivity index (χ2v) is 11.0. The van der Waals surface area contributed by atoms with E-state index in [1.54, 1.807) is 6.92 Å². The Balaban J connectivity index is 1.97. The van der Waals surface area contributed by atoms with Crippen LogP contribution in [0.4, 0.5) is 4.79 Å². The number of ether oxygens (including phenoxy) is 2. The van der Waals surface area contributed by atoms with Crippen LogP contribution in [-0.4, -0.2) is 36.6 Å². The number of benzene rings is 2. The summed E-state index contributed by atoms with van der Waals surface area (Å²) in [5.41, 5.74) is 2.81. The maximum Gasteiger partial charge on any atom is 0.508 e. The second kappa shape index (κ2) is 9.47. The molecular weight excluding hydrogens is 414 g/mol. The van der Waals surface area contributed by atoms with Crippen molar-refractivity contribution in [2.45, 2.75) is 83.5 Å². The van der Waals surface area contributed by atoms with E-state index in [0.717, 1.165) is 11.1 Å². The van der Waals surface area contributed by atoms with Gasteiger partial charge in [0.25, 0.3) is 0 Å². The number of nitrogens with one attached hydrogen (secondary N) is 1. The van der Waals surface area contributed by atoms with Crippen molar-refractivity contribution < 1.29 is 19.4 Å². The van der Waals surface area contributed by atoms with Crippen molar-refractivity contribution >= 4 is 6.16 Å². The molecule has 1 unspecified atom stereocenters. The number of carbonyl (C=O) groups is 1. The van der Waals surface area contributed by atoms with Gasteiger partial charge in [-0.05, 0) is 40.0 Å². The van der Waals surface area contributed by atoms with E-state index in [1.807, 2.05) is 24.3 Å². The maximum absolute atomic E-state index is 12.3. The van der Waals surface area contributed by atoms with E-state index in [1.165, 1.54) is 11.1 Å². The molecule has 2 aromatic rings. The van der Waals surface area contributed by atoms with Crippen LogP contribution in [0.15, 0.2) is 48.5 Å². The van der Waals surface area contributed by atoms with Gasteiger partial charge in [0, 0.05) is 19.0 Å². The van der Waals surface area contributed by atoms with Crippen LogP contribution < -0.4 is 5.32 Å². The van der Waals surface area contributed by atoms with E-state index in [9.17, 15) is 9.90 Å². The van der Waals surface area contributed by atoms with Gasteiger partial charge in [0.1, 0.15) is 11.7 Å². The summed E-state index contributed by atoms with van der Waals surface area (Å²) in [6.07, 6.45) is -0.544. The Hall–Kier alpha value is -2.37. The fourth-order valence-corrected chi connectivity index (χ4v) is 4.42. The monoisotopic (exact) mass is 453 g/mol. The molecule has 180 valence electrons. The van der Waals surface area contributed by atoms with E-state index in [4.69, 9.17) is 9.47 Å². The summed E-state index contributed by atoms with van der Waals surface area (Å²) in [6, 6.07) is 16.1. The average Bonchev–Trinajstić information content (AvgIpc) is 3.21. The summed E-state index contributed by atoms with van der Waals surface area (Å²) in [7, 11) is 0. The highest BCUT2D eigenvalue weighted by molar-refractivity contribution is 5.60. The third-order valence-corrected chi connectivity index (χ3v) is 6.50. The van der Waals surface area contributed by atoms with Crippen molar-refractivity contribution in [1.29, 1.82) is 0 Å². The molecule has 1 aliphatic heterocycles. The molecule has 0 aromatic heterocycles. The molecule has 0 amide bonds. The van der Waals surface area contributed by atoms with E-state index in [0.29, 0.717) is 13.0 Å². The van der Waals surface area contributed by atoms with Gasteiger partial charge in [0.05, 0.1) is 6.61 Å². The number of carbonyl (C=O) groups excluding carboxylic acids is 1. The number of aliphatic hydroxyl groups is 1. The SMILES string of the molecule is CCOC(=O)O[C@H]1CNC(C(O)(c2ccc(C(C)(C)C)cc2)c2ccc(C(C)(C)C)cc2)C1. The summed E-state index contributed by atoms with van der Waals surface area (Å²) in [5, 5.41) is 15.7. The van der Waals surface area contributed by atoms with Crippen LogP contribution >= 0.6 is 0 Å². The molecule has 0 radical (unpaired) electrons. The lowest BCUT2D eigenvalue weighted by atomic mass is 9.76. The lowest BCUT2D eigenvalue weighted by Crippen LogP contribution is -2.46. The molecular formula is C28H39NO4. The van der Waals surface area contributed by atoms with E-state index in [-0.39, 0.29) is 29.6 Å². The Morgan fingerprint density at radius 2 is 1.30 bits per heavy atom. The summed E-state index contributed by atoms with van der Waals surface area (Å²) < 4.78 is 10.4. The van der Waals surface area contributed by atoms with Crippen molar-refractivity contribution in [2.24, 2.45) is 0 Å². The smallest absolute Gasteiger partial charge is 0.435 e. The van der Waals surface area contributed by atoms with Crippen molar-refractivity contribution in [1.82, 2.24) is 5.32 Å². The van der Waals surface area contributed by atoms with Gasteiger partial charge in [-0.2, -0.15) is 0 Å². The third kappa shape index (κ3) is 5.59. The molecule has 5 heteroatoms. The molecule has 2 aromatic carbocycles. The van der Waals surface area contributed by atoms with Crippen LogP contribution in [0.2, 0.25) is 0 Å². The van der Waals surface area contributed by atoms with Crippen LogP contribution in [-0.2, 0) is 25.9 Å². The molecule has 3 rings (SSSR count). The number of hydrogen-bond acceptors (Lipinski definition) is 5. The van der Waals surface area contributed by atoms with Crippen molar-refractivity contribution in [3.63, 3.8) is 0 Å². The Morgan fingerprint density at radius 3 is 1.70 bits per heavy atom. The van der Waals surface area contributed by atoms with Crippen LogP contribution in [0.3, 0.4) is 0 Å². The summed E-state index contributed by atoms with van der Waals surface area (Å²) in [4.78, 5) is 11.8. The molecule has 0 bridgehead atoms. The van der Waals surface area contributed by atoms with Crippen molar-refractivity contribution in [2.75, 3.05) is 13.2 Å². The molecule has 2 N–H and O–H groups in total. The van der Waals surface area contributed by atoms with Crippen molar-refractivity contribution in [3.8, 4) is 0 Å². The quantitative estimate of drug-likeness (QED) is 0.592. The molecule has 1 saturated heterocycles. The molecule has 1 aliphatic rings. The molecule has 5 nitrogen and oxygen atoms in total. The Morgan fingerprint density at radius 1 is 0.879 bits per heavy atom. The highest BCUT2D eigenvalue weighted by Gasteiger charge is 2.45. The zero-order valence-corrected chi connectivity index (χ0v) is 21.1. The first-order valence-corrected chi connectivity index (χ1v) is 11.9. The minimum absolute atomic E-state index is 0.0230. The molecule has 0 spiro atoms. The summed E-state index contributed by atoms with van der Waals surface area (Å²) in [5.74, 6) is 0. The molecule has 2 atom stereocenters. The highest BCUT2D eigenvalue weighted by atomic mass is 16.7. The largest absolute Gasteiger partial charge is 0.508 e. The predicted octanol–water partition coefficient (Wildman–Crippen LogP) is 5.42. The van der Waals surface area contributed by atoms with Crippen LogP contribution in [0.25, 0.3) is 0 Å². The zero-order valence-electron chi connectivity index (χ0n) is 21.1. The van der Waals surface area contributed by atoms with Gasteiger partial charge in [-0.1, -0.05) is 90.1 Å². The Bertz CT molecular complexity index is 878. The second-order valence-electron chi connectivity index (χ2n) is 11.0. The predicted molar refractivity (Wildman–Crippen MR) is 132 cm³/mol. The first-order valence-electron chi connectivity index (χ1n) is 11.9.